The summed E-state index contributed by atoms with van der Waals surface area (Å²) in [6.07, 6.45) is -0.0854. The van der Waals surface area contributed by atoms with E-state index < -0.39 is 12.0 Å². The fourth-order valence-corrected chi connectivity index (χ4v) is 0.860. The minimum atomic E-state index is -1.07. The summed E-state index contributed by atoms with van der Waals surface area (Å²) < 4.78 is 0. The van der Waals surface area contributed by atoms with Crippen LogP contribution in [0.2, 0.25) is 0 Å². The summed E-state index contributed by atoms with van der Waals surface area (Å²) in [5.74, 6) is -0.680. The third-order valence-electron chi connectivity index (χ3n) is 1.62. The minimum absolute atomic E-state index is 0.239. The fourth-order valence-electron chi connectivity index (χ4n) is 0.860. The molecule has 0 rings (SSSR count). The molecule has 4 N–H and O–H groups in total. The molecule has 0 bridgehead atoms. The number of hydrogen-bond acceptors (Lipinski definition) is 4. The monoisotopic (exact) mass is 189 g/mol. The summed E-state index contributed by atoms with van der Waals surface area (Å²) in [6.45, 7) is 2.00. The van der Waals surface area contributed by atoms with Gasteiger partial charge in [0.25, 0.3) is 0 Å². The fraction of sp³-hybridized carbons (Fsp3) is 0.875. The molecule has 0 aliphatic rings. The van der Waals surface area contributed by atoms with Gasteiger partial charge >= 0.3 is 0 Å². The van der Waals surface area contributed by atoms with Crippen LogP contribution in [-0.4, -0.2) is 55.7 Å². The summed E-state index contributed by atoms with van der Waals surface area (Å²) in [4.78, 5) is 12.5. The van der Waals surface area contributed by atoms with E-state index in [1.807, 2.05) is 14.1 Å². The number of primary amides is 1. The maximum absolute atomic E-state index is 10.4. The zero-order valence-electron chi connectivity index (χ0n) is 8.29. The van der Waals surface area contributed by atoms with Crippen molar-refractivity contribution in [1.29, 1.82) is 0 Å². The first kappa shape index (κ1) is 12.3. The van der Waals surface area contributed by atoms with Crippen molar-refractivity contribution in [1.82, 2.24) is 10.2 Å². The Morgan fingerprint density at radius 2 is 2.23 bits per heavy atom. The van der Waals surface area contributed by atoms with E-state index >= 15 is 0 Å². The SMILES string of the molecule is CN(C)CCCNCC(O)C(N)=O. The van der Waals surface area contributed by atoms with Gasteiger partial charge in [0.2, 0.25) is 5.91 Å². The van der Waals surface area contributed by atoms with Crippen LogP contribution in [0.4, 0.5) is 0 Å². The second kappa shape index (κ2) is 6.82. The number of rotatable bonds is 7. The highest BCUT2D eigenvalue weighted by atomic mass is 16.3. The Morgan fingerprint density at radius 3 is 2.69 bits per heavy atom. The van der Waals surface area contributed by atoms with Crippen molar-refractivity contribution in [3.63, 3.8) is 0 Å². The highest BCUT2D eigenvalue weighted by molar-refractivity contribution is 5.78. The lowest BCUT2D eigenvalue weighted by Crippen LogP contribution is -2.38. The number of nitrogens with one attached hydrogen (secondary N) is 1. The molecule has 0 spiro atoms. The van der Waals surface area contributed by atoms with Crippen molar-refractivity contribution in [2.24, 2.45) is 5.73 Å². The van der Waals surface area contributed by atoms with Gasteiger partial charge in [-0.2, -0.15) is 0 Å². The van der Waals surface area contributed by atoms with Crippen molar-refractivity contribution >= 4 is 5.91 Å². The molecular formula is C8H19N3O2. The third kappa shape index (κ3) is 7.70. The van der Waals surface area contributed by atoms with Gasteiger partial charge in [0.05, 0.1) is 0 Å². The third-order valence-corrected chi connectivity index (χ3v) is 1.62. The highest BCUT2D eigenvalue weighted by Crippen LogP contribution is 1.82. The topological polar surface area (TPSA) is 78.6 Å². The largest absolute Gasteiger partial charge is 0.382 e. The van der Waals surface area contributed by atoms with Gasteiger partial charge in [0, 0.05) is 6.54 Å². The van der Waals surface area contributed by atoms with Crippen LogP contribution in [0.5, 0.6) is 0 Å². The van der Waals surface area contributed by atoms with Gasteiger partial charge in [-0.1, -0.05) is 0 Å². The van der Waals surface area contributed by atoms with Crippen LogP contribution in [0.3, 0.4) is 0 Å². The standard InChI is InChI=1S/C8H19N3O2/c1-11(2)5-3-4-10-6-7(12)8(9)13/h7,10,12H,3-6H2,1-2H3,(H2,9,13). The molecule has 13 heavy (non-hydrogen) atoms. The van der Waals surface area contributed by atoms with E-state index in [1.165, 1.54) is 0 Å². The quantitative estimate of drug-likeness (QED) is 0.420. The number of nitrogens with zero attached hydrogens (tertiary/aromatic N) is 1. The Balaban J connectivity index is 3.21. The van der Waals surface area contributed by atoms with E-state index in [1.54, 1.807) is 0 Å². The van der Waals surface area contributed by atoms with Gasteiger partial charge in [-0.15, -0.1) is 0 Å². The van der Waals surface area contributed by atoms with E-state index in [4.69, 9.17) is 10.8 Å². The number of aliphatic hydroxyl groups is 1. The Labute approximate surface area is 78.9 Å². The minimum Gasteiger partial charge on any atom is -0.382 e. The van der Waals surface area contributed by atoms with Crippen LogP contribution in [0.25, 0.3) is 0 Å². The van der Waals surface area contributed by atoms with E-state index in [9.17, 15) is 4.79 Å². The predicted octanol–water partition coefficient (Wildman–Crippen LogP) is -1.63. The first-order chi connectivity index (χ1) is 6.04. The second-order valence-corrected chi connectivity index (χ2v) is 3.28. The van der Waals surface area contributed by atoms with Crippen molar-refractivity contribution in [3.8, 4) is 0 Å². The average molecular weight is 189 g/mol. The molecule has 0 aliphatic carbocycles. The normalized spacial score (nSPS) is 13.2. The molecular weight excluding hydrogens is 170 g/mol. The Morgan fingerprint density at radius 1 is 1.62 bits per heavy atom. The van der Waals surface area contributed by atoms with Gasteiger partial charge < -0.3 is 21.1 Å². The summed E-state index contributed by atoms with van der Waals surface area (Å²) in [6, 6.07) is 0. The smallest absolute Gasteiger partial charge is 0.247 e. The van der Waals surface area contributed by atoms with E-state index in [0.717, 1.165) is 19.5 Å². The first-order valence-corrected chi connectivity index (χ1v) is 4.37. The maximum atomic E-state index is 10.4. The van der Waals surface area contributed by atoms with Crippen molar-refractivity contribution in [3.05, 3.63) is 0 Å². The zero-order chi connectivity index (χ0) is 10.3. The maximum Gasteiger partial charge on any atom is 0.247 e. The Bertz CT molecular complexity index is 150. The Kier molecular flexibility index (Phi) is 6.48. The van der Waals surface area contributed by atoms with Crippen LogP contribution < -0.4 is 11.1 Å². The number of carbonyl (C=O) groups is 1. The lowest BCUT2D eigenvalue weighted by molar-refractivity contribution is -0.125. The molecule has 0 radical (unpaired) electrons. The van der Waals surface area contributed by atoms with Gasteiger partial charge in [-0.05, 0) is 33.6 Å². The van der Waals surface area contributed by atoms with Crippen LogP contribution in [0, 0.1) is 0 Å². The van der Waals surface area contributed by atoms with Gasteiger partial charge in [0.1, 0.15) is 6.10 Å². The second-order valence-electron chi connectivity index (χ2n) is 3.28. The van der Waals surface area contributed by atoms with Crippen molar-refractivity contribution < 1.29 is 9.90 Å². The Hall–Kier alpha value is -0.650. The number of amides is 1. The molecule has 5 nitrogen and oxygen atoms in total. The van der Waals surface area contributed by atoms with E-state index in [2.05, 4.69) is 10.2 Å². The zero-order valence-corrected chi connectivity index (χ0v) is 8.29. The van der Waals surface area contributed by atoms with Crippen LogP contribution in [0.1, 0.15) is 6.42 Å². The summed E-state index contributed by atoms with van der Waals surface area (Å²) in [7, 11) is 4.00. The molecule has 1 amide bonds. The lowest BCUT2D eigenvalue weighted by Gasteiger charge is -2.11. The molecule has 1 unspecified atom stereocenters. The number of aliphatic hydroxyl groups excluding tert-OH is 1. The van der Waals surface area contributed by atoms with Gasteiger partial charge in [-0.3, -0.25) is 4.79 Å². The van der Waals surface area contributed by atoms with E-state index in [0.29, 0.717) is 0 Å². The van der Waals surface area contributed by atoms with Crippen molar-refractivity contribution in [2.45, 2.75) is 12.5 Å². The van der Waals surface area contributed by atoms with Crippen LogP contribution in [-0.2, 0) is 4.79 Å². The van der Waals surface area contributed by atoms with Crippen LogP contribution >= 0.6 is 0 Å². The van der Waals surface area contributed by atoms with E-state index in [-0.39, 0.29) is 6.54 Å². The number of nitrogens with two attached hydrogens (primary N) is 1. The summed E-state index contributed by atoms with van der Waals surface area (Å²) in [5, 5.41) is 11.9. The molecule has 0 fully saturated rings. The molecule has 1 atom stereocenters. The molecule has 0 saturated carbocycles. The average Bonchev–Trinajstić information content (AvgIpc) is 2.02. The first-order valence-electron chi connectivity index (χ1n) is 4.37. The van der Waals surface area contributed by atoms with Gasteiger partial charge in [0.15, 0.2) is 0 Å². The van der Waals surface area contributed by atoms with Crippen molar-refractivity contribution in [2.75, 3.05) is 33.7 Å². The number of carbonyl (C=O) groups excluding carboxylic acids is 1. The number of hydrogen-bond donors (Lipinski definition) is 3. The summed E-state index contributed by atoms with van der Waals surface area (Å²) >= 11 is 0. The molecule has 0 aromatic rings. The van der Waals surface area contributed by atoms with Crippen LogP contribution in [0.15, 0.2) is 0 Å². The molecule has 5 heteroatoms. The molecule has 78 valence electrons. The molecule has 0 aromatic carbocycles. The highest BCUT2D eigenvalue weighted by Gasteiger charge is 2.08. The van der Waals surface area contributed by atoms with Gasteiger partial charge in [-0.25, -0.2) is 0 Å². The molecule has 0 aromatic heterocycles. The molecule has 0 heterocycles. The molecule has 0 aliphatic heterocycles. The molecule has 0 saturated heterocycles. The predicted molar refractivity (Wildman–Crippen MR) is 51.2 cm³/mol. The summed E-state index contributed by atoms with van der Waals surface area (Å²) in [5.41, 5.74) is 4.86. The lowest BCUT2D eigenvalue weighted by atomic mass is 10.3.